The molecule has 0 nitrogen and oxygen atoms in total. The highest BCUT2D eigenvalue weighted by Crippen LogP contribution is 2.66. The first kappa shape index (κ1) is 8.52. The molecule has 2 atom stereocenters. The Hall–Kier alpha value is -0.0700. The Morgan fingerprint density at radius 3 is 1.92 bits per heavy atom. The summed E-state index contributed by atoms with van der Waals surface area (Å²) in [5, 5.41) is 0. The first-order chi connectivity index (χ1) is 5.33. The number of fused-ring (bicyclic) bond motifs is 1. The van der Waals surface area contributed by atoms with Crippen molar-refractivity contribution >= 4 is 0 Å². The quantitative estimate of drug-likeness (QED) is 0.522. The summed E-state index contributed by atoms with van der Waals surface area (Å²) in [5.41, 5.74) is -0.398. The molecule has 0 aromatic rings. The minimum atomic E-state index is -0.790. The van der Waals surface area contributed by atoms with Gasteiger partial charge in [0.15, 0.2) is 0 Å². The summed E-state index contributed by atoms with van der Waals surface area (Å²) in [5.74, 6) is 1.57. The second-order valence-corrected chi connectivity index (χ2v) is 5.90. The number of halogens is 1. The lowest BCUT2D eigenvalue weighted by Gasteiger charge is -2.29. The summed E-state index contributed by atoms with van der Waals surface area (Å²) in [6.07, 6.45) is 2.25. The maximum absolute atomic E-state index is 13.5. The van der Waals surface area contributed by atoms with E-state index >= 15 is 0 Å². The van der Waals surface area contributed by atoms with Crippen molar-refractivity contribution in [2.75, 3.05) is 0 Å². The van der Waals surface area contributed by atoms with Crippen LogP contribution in [0.1, 0.15) is 40.5 Å². The number of hydrogen-bond donors (Lipinski definition) is 0. The van der Waals surface area contributed by atoms with Gasteiger partial charge in [-0.2, -0.15) is 0 Å². The SMILES string of the molecule is CC(C)(C)C1CC2C(C1)C2(C)F. The number of alkyl halides is 1. The molecular weight excluding hydrogens is 151 g/mol. The van der Waals surface area contributed by atoms with E-state index in [1.807, 2.05) is 0 Å². The van der Waals surface area contributed by atoms with Gasteiger partial charge in [-0.25, -0.2) is 4.39 Å². The molecule has 0 aromatic heterocycles. The third kappa shape index (κ3) is 1.02. The monoisotopic (exact) mass is 170 g/mol. The van der Waals surface area contributed by atoms with Gasteiger partial charge in [-0.05, 0) is 42.9 Å². The van der Waals surface area contributed by atoms with Crippen molar-refractivity contribution in [2.24, 2.45) is 23.2 Å². The van der Waals surface area contributed by atoms with Crippen molar-refractivity contribution in [3.63, 3.8) is 0 Å². The van der Waals surface area contributed by atoms with E-state index in [1.165, 1.54) is 0 Å². The normalized spacial score (nSPS) is 52.2. The van der Waals surface area contributed by atoms with Crippen LogP contribution in [0.5, 0.6) is 0 Å². The Morgan fingerprint density at radius 1 is 1.17 bits per heavy atom. The van der Waals surface area contributed by atoms with Gasteiger partial charge in [0, 0.05) is 0 Å². The van der Waals surface area contributed by atoms with Crippen LogP contribution in [0.15, 0.2) is 0 Å². The van der Waals surface area contributed by atoms with Crippen molar-refractivity contribution in [1.82, 2.24) is 0 Å². The zero-order chi connectivity index (χ0) is 9.15. The van der Waals surface area contributed by atoms with E-state index in [-0.39, 0.29) is 0 Å². The van der Waals surface area contributed by atoms with Gasteiger partial charge >= 0.3 is 0 Å². The molecule has 0 bridgehead atoms. The Bertz CT molecular complexity index is 186. The summed E-state index contributed by atoms with van der Waals surface area (Å²) in [4.78, 5) is 0. The highest BCUT2D eigenvalue weighted by Gasteiger charge is 2.67. The Morgan fingerprint density at radius 2 is 1.58 bits per heavy atom. The van der Waals surface area contributed by atoms with Crippen molar-refractivity contribution < 1.29 is 4.39 Å². The molecule has 2 rings (SSSR count). The summed E-state index contributed by atoms with van der Waals surface area (Å²) < 4.78 is 13.5. The lowest BCUT2D eigenvalue weighted by molar-refractivity contribution is 0.171. The zero-order valence-corrected chi connectivity index (χ0v) is 8.52. The summed E-state index contributed by atoms with van der Waals surface area (Å²) >= 11 is 0. The molecular formula is C11H19F. The second-order valence-electron chi connectivity index (χ2n) is 5.90. The largest absolute Gasteiger partial charge is 0.244 e. The Labute approximate surface area is 74.5 Å². The average molecular weight is 170 g/mol. The third-order valence-corrected chi connectivity index (χ3v) is 4.13. The molecule has 0 saturated heterocycles. The minimum Gasteiger partial charge on any atom is -0.244 e. The molecule has 0 aromatic carbocycles. The maximum atomic E-state index is 13.5. The molecule has 0 spiro atoms. The summed E-state index contributed by atoms with van der Waals surface area (Å²) in [6, 6.07) is 0. The molecule has 0 N–H and O–H groups in total. The lowest BCUT2D eigenvalue weighted by Crippen LogP contribution is -2.22. The van der Waals surface area contributed by atoms with Crippen LogP contribution in [-0.4, -0.2) is 5.67 Å². The summed E-state index contributed by atoms with van der Waals surface area (Å²) in [7, 11) is 0. The second kappa shape index (κ2) is 2.05. The predicted octanol–water partition coefficient (Wildman–Crippen LogP) is 3.42. The molecule has 2 aliphatic rings. The molecule has 0 heterocycles. The first-order valence-corrected chi connectivity index (χ1v) is 5.02. The van der Waals surface area contributed by atoms with Crippen molar-refractivity contribution in [3.8, 4) is 0 Å². The van der Waals surface area contributed by atoms with Gasteiger partial charge in [0.2, 0.25) is 0 Å². The predicted molar refractivity (Wildman–Crippen MR) is 48.7 cm³/mol. The van der Waals surface area contributed by atoms with Crippen LogP contribution < -0.4 is 0 Å². The Balaban J connectivity index is 1.99. The molecule has 2 aliphatic carbocycles. The van der Waals surface area contributed by atoms with Crippen LogP contribution in [0, 0.1) is 23.2 Å². The molecule has 0 aliphatic heterocycles. The van der Waals surface area contributed by atoms with Crippen LogP contribution in [0.3, 0.4) is 0 Å². The molecule has 2 saturated carbocycles. The van der Waals surface area contributed by atoms with Crippen LogP contribution in [0.25, 0.3) is 0 Å². The van der Waals surface area contributed by atoms with E-state index in [0.29, 0.717) is 17.3 Å². The highest BCUT2D eigenvalue weighted by molar-refractivity contribution is 5.15. The van der Waals surface area contributed by atoms with E-state index in [2.05, 4.69) is 20.8 Å². The van der Waals surface area contributed by atoms with Crippen molar-refractivity contribution in [3.05, 3.63) is 0 Å². The smallest absolute Gasteiger partial charge is 0.114 e. The van der Waals surface area contributed by atoms with Gasteiger partial charge in [0.25, 0.3) is 0 Å². The third-order valence-electron chi connectivity index (χ3n) is 4.13. The molecule has 2 unspecified atom stereocenters. The van der Waals surface area contributed by atoms with E-state index in [9.17, 15) is 4.39 Å². The van der Waals surface area contributed by atoms with Crippen LogP contribution in [-0.2, 0) is 0 Å². The minimum absolute atomic E-state index is 0.392. The number of rotatable bonds is 0. The highest BCUT2D eigenvalue weighted by atomic mass is 19.1. The average Bonchev–Trinajstić information content (AvgIpc) is 2.31. The first-order valence-electron chi connectivity index (χ1n) is 5.02. The van der Waals surface area contributed by atoms with Gasteiger partial charge in [0.1, 0.15) is 5.67 Å². The van der Waals surface area contributed by atoms with Crippen molar-refractivity contribution in [2.45, 2.75) is 46.2 Å². The van der Waals surface area contributed by atoms with Crippen LogP contribution >= 0.6 is 0 Å². The fourth-order valence-electron chi connectivity index (χ4n) is 2.86. The van der Waals surface area contributed by atoms with E-state index in [0.717, 1.165) is 18.8 Å². The van der Waals surface area contributed by atoms with Gasteiger partial charge in [-0.3, -0.25) is 0 Å². The molecule has 1 heteroatoms. The zero-order valence-electron chi connectivity index (χ0n) is 8.52. The topological polar surface area (TPSA) is 0 Å². The molecule has 12 heavy (non-hydrogen) atoms. The van der Waals surface area contributed by atoms with E-state index < -0.39 is 5.67 Å². The Kier molecular flexibility index (Phi) is 1.46. The molecule has 2 fully saturated rings. The van der Waals surface area contributed by atoms with Crippen LogP contribution in [0.4, 0.5) is 4.39 Å². The van der Waals surface area contributed by atoms with Gasteiger partial charge in [0.05, 0.1) is 0 Å². The molecule has 0 radical (unpaired) electrons. The fourth-order valence-corrected chi connectivity index (χ4v) is 2.86. The molecule has 70 valence electrons. The number of hydrogen-bond acceptors (Lipinski definition) is 0. The molecule has 0 amide bonds. The standard InChI is InChI=1S/C11H19F/c1-10(2,3)7-5-8-9(6-7)11(8,4)12/h7-9H,5-6H2,1-4H3. The van der Waals surface area contributed by atoms with Crippen LogP contribution in [0.2, 0.25) is 0 Å². The lowest BCUT2D eigenvalue weighted by atomic mass is 9.77. The van der Waals surface area contributed by atoms with Gasteiger partial charge < -0.3 is 0 Å². The van der Waals surface area contributed by atoms with Crippen molar-refractivity contribution in [1.29, 1.82) is 0 Å². The maximum Gasteiger partial charge on any atom is 0.114 e. The van der Waals surface area contributed by atoms with Gasteiger partial charge in [-0.1, -0.05) is 20.8 Å². The van der Waals surface area contributed by atoms with Gasteiger partial charge in [-0.15, -0.1) is 0 Å². The fraction of sp³-hybridized carbons (Fsp3) is 1.00. The van der Waals surface area contributed by atoms with E-state index in [1.54, 1.807) is 6.92 Å². The summed E-state index contributed by atoms with van der Waals surface area (Å²) in [6.45, 7) is 8.61. The van der Waals surface area contributed by atoms with E-state index in [4.69, 9.17) is 0 Å².